The normalized spacial score (nSPS) is 11.2. The fraction of sp³-hybridized carbons (Fsp3) is 0.0833. The van der Waals surface area contributed by atoms with Crippen LogP contribution in [-0.2, 0) is 13.2 Å². The van der Waals surface area contributed by atoms with Gasteiger partial charge >= 0.3 is 0 Å². The van der Waals surface area contributed by atoms with Crippen LogP contribution < -0.4 is 15.0 Å². The maximum atomic E-state index is 9.68. The Bertz CT molecular complexity index is 1130. The second kappa shape index (κ2) is 10.4. The number of hydroxylamine groups is 1. The number of nitrogens with zero attached hydrogens (tertiary/aromatic N) is 2. The largest absolute Gasteiger partial charge is 0.485 e. The molecule has 6 nitrogen and oxygen atoms in total. The van der Waals surface area contributed by atoms with E-state index in [-0.39, 0.29) is 5.84 Å². The summed E-state index contributed by atoms with van der Waals surface area (Å²) >= 11 is 1.60. The standard InChI is InChI=1S/C24H21N3O3S/c28-27-23(26-16-19-10-7-15-31-19)20-11-6-14-25-24(20)30-22-13-5-4-12-21(22)29-17-18-8-2-1-3-9-18/h1-15,28H,16-17H2,(H,26,27). The lowest BCUT2D eigenvalue weighted by atomic mass is 10.2. The number of ether oxygens (including phenoxy) is 2. The van der Waals surface area contributed by atoms with E-state index in [0.717, 1.165) is 10.4 Å². The Kier molecular flexibility index (Phi) is 6.89. The van der Waals surface area contributed by atoms with Crippen LogP contribution in [0.25, 0.3) is 0 Å². The third kappa shape index (κ3) is 5.48. The maximum absolute atomic E-state index is 9.68. The van der Waals surface area contributed by atoms with Crippen LogP contribution in [0.3, 0.4) is 0 Å². The molecule has 0 amide bonds. The van der Waals surface area contributed by atoms with Gasteiger partial charge in [-0.1, -0.05) is 48.5 Å². The number of thiophene rings is 1. The van der Waals surface area contributed by atoms with Gasteiger partial charge < -0.3 is 9.47 Å². The van der Waals surface area contributed by atoms with Crippen LogP contribution in [0.2, 0.25) is 0 Å². The van der Waals surface area contributed by atoms with Gasteiger partial charge in [-0.25, -0.2) is 4.98 Å². The average molecular weight is 432 g/mol. The molecule has 2 heterocycles. The minimum atomic E-state index is 0.277. The second-order valence-corrected chi connectivity index (χ2v) is 7.57. The summed E-state index contributed by atoms with van der Waals surface area (Å²) in [6.45, 7) is 0.855. The molecule has 0 bridgehead atoms. The van der Waals surface area contributed by atoms with Gasteiger partial charge in [-0.15, -0.1) is 11.3 Å². The van der Waals surface area contributed by atoms with Gasteiger partial charge in [0.2, 0.25) is 5.88 Å². The smallest absolute Gasteiger partial charge is 0.230 e. The Labute approximate surface area is 184 Å². The van der Waals surface area contributed by atoms with E-state index in [2.05, 4.69) is 15.5 Å². The Morgan fingerprint density at radius 1 is 0.935 bits per heavy atom. The molecular weight excluding hydrogens is 410 g/mol. The van der Waals surface area contributed by atoms with Crippen molar-refractivity contribution >= 4 is 17.2 Å². The molecule has 31 heavy (non-hydrogen) atoms. The number of pyridine rings is 1. The number of benzene rings is 2. The summed E-state index contributed by atoms with van der Waals surface area (Å²) in [6, 6.07) is 24.8. The molecule has 4 aromatic rings. The number of rotatable bonds is 8. The fourth-order valence-electron chi connectivity index (χ4n) is 2.89. The quantitative estimate of drug-likeness (QED) is 0.221. The Morgan fingerprint density at radius 3 is 2.52 bits per heavy atom. The Hall–Kier alpha value is -3.68. The van der Waals surface area contributed by atoms with Crippen molar-refractivity contribution in [1.82, 2.24) is 10.5 Å². The lowest BCUT2D eigenvalue weighted by molar-refractivity contribution is 0.234. The summed E-state index contributed by atoms with van der Waals surface area (Å²) in [4.78, 5) is 9.89. The van der Waals surface area contributed by atoms with Crippen LogP contribution in [0.1, 0.15) is 16.0 Å². The zero-order valence-corrected chi connectivity index (χ0v) is 17.5. The van der Waals surface area contributed by atoms with Gasteiger partial charge in [0.15, 0.2) is 17.3 Å². The van der Waals surface area contributed by atoms with Gasteiger partial charge in [-0.05, 0) is 41.3 Å². The number of para-hydroxylation sites is 2. The predicted molar refractivity (Wildman–Crippen MR) is 121 cm³/mol. The van der Waals surface area contributed by atoms with Gasteiger partial charge in [0.25, 0.3) is 0 Å². The number of aromatic nitrogens is 1. The van der Waals surface area contributed by atoms with Crippen molar-refractivity contribution in [2.45, 2.75) is 13.2 Å². The molecule has 2 aromatic carbocycles. The van der Waals surface area contributed by atoms with Crippen molar-refractivity contribution < 1.29 is 14.7 Å². The highest BCUT2D eigenvalue weighted by atomic mass is 32.1. The van der Waals surface area contributed by atoms with E-state index in [4.69, 9.17) is 9.47 Å². The van der Waals surface area contributed by atoms with E-state index < -0.39 is 0 Å². The molecule has 156 valence electrons. The van der Waals surface area contributed by atoms with Gasteiger partial charge in [0, 0.05) is 11.1 Å². The summed E-state index contributed by atoms with van der Waals surface area (Å²) in [7, 11) is 0. The monoisotopic (exact) mass is 431 g/mol. The molecule has 0 radical (unpaired) electrons. The minimum Gasteiger partial charge on any atom is -0.485 e. The van der Waals surface area contributed by atoms with E-state index in [1.165, 1.54) is 0 Å². The predicted octanol–water partition coefficient (Wildman–Crippen LogP) is 5.44. The molecule has 0 atom stereocenters. The summed E-state index contributed by atoms with van der Waals surface area (Å²) in [5, 5.41) is 11.7. The van der Waals surface area contributed by atoms with Gasteiger partial charge in [0.05, 0.1) is 12.1 Å². The van der Waals surface area contributed by atoms with Crippen molar-refractivity contribution in [2.24, 2.45) is 4.99 Å². The highest BCUT2D eigenvalue weighted by Gasteiger charge is 2.14. The van der Waals surface area contributed by atoms with E-state index in [1.807, 2.05) is 72.1 Å². The third-order valence-electron chi connectivity index (χ3n) is 4.40. The first-order valence-corrected chi connectivity index (χ1v) is 10.6. The highest BCUT2D eigenvalue weighted by molar-refractivity contribution is 7.09. The van der Waals surface area contributed by atoms with E-state index in [1.54, 1.807) is 29.7 Å². The first kappa shape index (κ1) is 20.6. The van der Waals surface area contributed by atoms with Crippen LogP contribution in [0, 0.1) is 0 Å². The lowest BCUT2D eigenvalue weighted by Crippen LogP contribution is -2.21. The molecule has 0 saturated carbocycles. The molecule has 0 fully saturated rings. The van der Waals surface area contributed by atoms with Gasteiger partial charge in [-0.2, -0.15) is 0 Å². The van der Waals surface area contributed by atoms with E-state index in [9.17, 15) is 5.21 Å². The maximum Gasteiger partial charge on any atom is 0.230 e. The van der Waals surface area contributed by atoms with Crippen LogP contribution in [0.15, 0.2) is 95.4 Å². The molecule has 2 aromatic heterocycles. The van der Waals surface area contributed by atoms with Crippen molar-refractivity contribution in [1.29, 1.82) is 0 Å². The molecule has 0 aliphatic carbocycles. The molecule has 0 spiro atoms. The average Bonchev–Trinajstić information content (AvgIpc) is 3.34. The fourth-order valence-corrected chi connectivity index (χ4v) is 3.51. The summed E-state index contributed by atoms with van der Waals surface area (Å²) < 4.78 is 12.1. The van der Waals surface area contributed by atoms with E-state index >= 15 is 0 Å². The number of amidine groups is 1. The Morgan fingerprint density at radius 2 is 1.74 bits per heavy atom. The van der Waals surface area contributed by atoms with Crippen LogP contribution in [-0.4, -0.2) is 16.0 Å². The van der Waals surface area contributed by atoms with Gasteiger partial charge in [0.1, 0.15) is 6.61 Å². The number of nitrogens with one attached hydrogen (secondary N) is 1. The number of hydrogen-bond donors (Lipinski definition) is 2. The zero-order valence-electron chi connectivity index (χ0n) is 16.6. The first-order chi connectivity index (χ1) is 15.3. The van der Waals surface area contributed by atoms with Crippen LogP contribution >= 0.6 is 11.3 Å². The molecule has 0 unspecified atom stereocenters. The molecule has 2 N–H and O–H groups in total. The zero-order chi connectivity index (χ0) is 21.3. The molecular formula is C24H21N3O3S. The highest BCUT2D eigenvalue weighted by Crippen LogP contribution is 2.32. The van der Waals surface area contributed by atoms with Crippen molar-refractivity contribution in [3.63, 3.8) is 0 Å². The topological polar surface area (TPSA) is 76.0 Å². The van der Waals surface area contributed by atoms with Crippen molar-refractivity contribution in [3.8, 4) is 17.4 Å². The molecule has 7 heteroatoms. The molecule has 0 saturated heterocycles. The summed E-state index contributed by atoms with van der Waals surface area (Å²) in [5.74, 6) is 1.70. The molecule has 0 aliphatic rings. The van der Waals surface area contributed by atoms with Crippen molar-refractivity contribution in [2.75, 3.05) is 0 Å². The Balaban J connectivity index is 1.55. The third-order valence-corrected chi connectivity index (χ3v) is 5.26. The molecule has 4 rings (SSSR count). The van der Waals surface area contributed by atoms with Crippen LogP contribution in [0.4, 0.5) is 0 Å². The minimum absolute atomic E-state index is 0.277. The van der Waals surface area contributed by atoms with Crippen LogP contribution in [0.5, 0.6) is 17.4 Å². The van der Waals surface area contributed by atoms with Gasteiger partial charge in [-0.3, -0.25) is 15.7 Å². The number of aliphatic imine (C=N–C) groups is 1. The van der Waals surface area contributed by atoms with Crippen molar-refractivity contribution in [3.05, 3.63) is 106 Å². The lowest BCUT2D eigenvalue weighted by Gasteiger charge is -2.14. The molecule has 0 aliphatic heterocycles. The summed E-state index contributed by atoms with van der Waals surface area (Å²) in [5.41, 5.74) is 3.77. The summed E-state index contributed by atoms with van der Waals surface area (Å²) in [6.07, 6.45) is 1.63. The van der Waals surface area contributed by atoms with E-state index in [0.29, 0.717) is 36.1 Å². The number of hydrogen-bond acceptors (Lipinski definition) is 6. The SMILES string of the molecule is ONC(=NCc1cccs1)c1cccnc1Oc1ccccc1OCc1ccccc1. The first-order valence-electron chi connectivity index (χ1n) is 9.69. The second-order valence-electron chi connectivity index (χ2n) is 6.54.